The van der Waals surface area contributed by atoms with Gasteiger partial charge in [0.2, 0.25) is 11.8 Å². The largest absolute Gasteiger partial charge is 0.495 e. The van der Waals surface area contributed by atoms with E-state index in [4.69, 9.17) is 9.15 Å². The van der Waals surface area contributed by atoms with Crippen molar-refractivity contribution in [2.75, 3.05) is 30.4 Å². The number of aromatic nitrogens is 1. The van der Waals surface area contributed by atoms with Gasteiger partial charge in [-0.3, -0.25) is 4.79 Å². The first-order valence-electron chi connectivity index (χ1n) is 11.1. The second-order valence-corrected chi connectivity index (χ2v) is 8.03. The number of carbonyl (C=O) groups excluding carboxylic acids is 2. The van der Waals surface area contributed by atoms with Crippen molar-refractivity contribution in [1.29, 1.82) is 0 Å². The lowest BCUT2D eigenvalue weighted by Gasteiger charge is -2.28. The van der Waals surface area contributed by atoms with Crippen molar-refractivity contribution >= 4 is 23.3 Å². The third-order valence-corrected chi connectivity index (χ3v) is 5.57. The van der Waals surface area contributed by atoms with Gasteiger partial charge in [0.05, 0.1) is 18.5 Å². The van der Waals surface area contributed by atoms with Gasteiger partial charge in [0.25, 0.3) is 0 Å². The molecule has 0 saturated carbocycles. The molecule has 1 aliphatic heterocycles. The summed E-state index contributed by atoms with van der Waals surface area (Å²) in [6, 6.07) is 12.9. The van der Waals surface area contributed by atoms with E-state index < -0.39 is 0 Å². The quantitative estimate of drug-likeness (QED) is 0.553. The van der Waals surface area contributed by atoms with Crippen LogP contribution in [0.15, 0.2) is 53.1 Å². The fourth-order valence-corrected chi connectivity index (χ4v) is 3.77. The molecule has 4 rings (SSSR count). The van der Waals surface area contributed by atoms with Crippen molar-refractivity contribution in [1.82, 2.24) is 10.3 Å². The summed E-state index contributed by atoms with van der Waals surface area (Å²) in [7, 11) is 1.57. The summed E-state index contributed by atoms with van der Waals surface area (Å²) in [5.74, 6) is 1.23. The Bertz CT molecular complexity index is 1120. The third kappa shape index (κ3) is 5.52. The number of rotatable bonds is 7. The Morgan fingerprint density at radius 1 is 1.18 bits per heavy atom. The molecule has 0 aliphatic carbocycles. The van der Waals surface area contributed by atoms with Gasteiger partial charge in [-0.2, -0.15) is 0 Å². The van der Waals surface area contributed by atoms with E-state index in [-0.39, 0.29) is 11.9 Å². The zero-order chi connectivity index (χ0) is 23.2. The van der Waals surface area contributed by atoms with Gasteiger partial charge in [0.1, 0.15) is 12.0 Å². The Hall–Kier alpha value is -3.81. The summed E-state index contributed by atoms with van der Waals surface area (Å²) in [6.45, 7) is 3.08. The summed E-state index contributed by atoms with van der Waals surface area (Å²) in [5, 5.41) is 5.65. The highest BCUT2D eigenvalue weighted by Gasteiger charge is 2.23. The first kappa shape index (κ1) is 22.4. The molecule has 0 radical (unpaired) electrons. The van der Waals surface area contributed by atoms with E-state index >= 15 is 0 Å². The number of amides is 3. The van der Waals surface area contributed by atoms with Crippen LogP contribution in [0.4, 0.5) is 16.2 Å². The number of oxazole rings is 1. The lowest BCUT2D eigenvalue weighted by atomic mass is 10.1. The normalized spacial score (nSPS) is 13.6. The lowest BCUT2D eigenvalue weighted by Crippen LogP contribution is -2.35. The van der Waals surface area contributed by atoms with Crippen LogP contribution in [0, 0.1) is 6.92 Å². The highest BCUT2D eigenvalue weighted by Crippen LogP contribution is 2.33. The maximum Gasteiger partial charge on any atom is 0.319 e. The number of aryl methyl sites for hydroxylation is 1. The number of piperidine rings is 1. The zero-order valence-corrected chi connectivity index (χ0v) is 18.9. The molecule has 0 atom stereocenters. The highest BCUT2D eigenvalue weighted by molar-refractivity contribution is 5.97. The second kappa shape index (κ2) is 10.2. The standard InChI is InChI=1S/C25H28N4O4/c1-17-6-8-18(9-7-17)24-27-20(16-33-24)12-13-26-25(31)28-19-10-11-22(32-2)21(15-19)29-14-4-3-5-23(29)30/h6-11,15-16H,3-5,12-14H2,1-2H3,(H2,26,28,31). The Labute approximate surface area is 192 Å². The summed E-state index contributed by atoms with van der Waals surface area (Å²) in [5.41, 5.74) is 4.12. The van der Waals surface area contributed by atoms with Crippen molar-refractivity contribution in [2.24, 2.45) is 0 Å². The lowest BCUT2D eigenvalue weighted by molar-refractivity contribution is -0.119. The number of benzene rings is 2. The van der Waals surface area contributed by atoms with Gasteiger partial charge >= 0.3 is 6.03 Å². The molecule has 8 nitrogen and oxygen atoms in total. The SMILES string of the molecule is COc1ccc(NC(=O)NCCc2coc(-c3ccc(C)cc3)n2)cc1N1CCCCC1=O. The highest BCUT2D eigenvalue weighted by atomic mass is 16.5. The van der Waals surface area contributed by atoms with Crippen LogP contribution in [0.5, 0.6) is 5.75 Å². The number of methoxy groups -OCH3 is 1. The number of ether oxygens (including phenoxy) is 1. The number of nitrogens with one attached hydrogen (secondary N) is 2. The number of nitrogens with zero attached hydrogens (tertiary/aromatic N) is 2. The van der Waals surface area contributed by atoms with Crippen molar-refractivity contribution in [3.8, 4) is 17.2 Å². The smallest absolute Gasteiger partial charge is 0.319 e. The minimum atomic E-state index is -0.335. The average Bonchev–Trinajstić information content (AvgIpc) is 3.29. The van der Waals surface area contributed by atoms with E-state index in [1.54, 1.807) is 36.5 Å². The van der Waals surface area contributed by atoms with E-state index in [1.807, 2.05) is 31.2 Å². The summed E-state index contributed by atoms with van der Waals surface area (Å²) in [4.78, 5) is 30.9. The monoisotopic (exact) mass is 448 g/mol. The Kier molecular flexibility index (Phi) is 6.92. The number of hydrogen-bond acceptors (Lipinski definition) is 5. The van der Waals surface area contributed by atoms with Crippen LogP contribution in [0.3, 0.4) is 0 Å². The fourth-order valence-electron chi connectivity index (χ4n) is 3.77. The van der Waals surface area contributed by atoms with E-state index in [2.05, 4.69) is 15.6 Å². The van der Waals surface area contributed by atoms with Crippen LogP contribution >= 0.6 is 0 Å². The molecule has 3 aromatic rings. The molecule has 1 fully saturated rings. The Morgan fingerprint density at radius 2 is 2.00 bits per heavy atom. The average molecular weight is 449 g/mol. The molecule has 0 unspecified atom stereocenters. The van der Waals surface area contributed by atoms with E-state index in [9.17, 15) is 9.59 Å². The van der Waals surface area contributed by atoms with Gasteiger partial charge in [-0.1, -0.05) is 17.7 Å². The van der Waals surface area contributed by atoms with E-state index in [0.29, 0.717) is 48.9 Å². The maximum absolute atomic E-state index is 12.4. The van der Waals surface area contributed by atoms with Crippen LogP contribution in [-0.4, -0.2) is 37.1 Å². The van der Waals surface area contributed by atoms with Crippen LogP contribution in [0.2, 0.25) is 0 Å². The molecule has 2 aromatic carbocycles. The molecule has 1 aromatic heterocycles. The predicted molar refractivity (Wildman–Crippen MR) is 127 cm³/mol. The molecule has 0 bridgehead atoms. The molecular weight excluding hydrogens is 420 g/mol. The minimum Gasteiger partial charge on any atom is -0.495 e. The first-order chi connectivity index (χ1) is 16.0. The van der Waals surface area contributed by atoms with Crippen molar-refractivity contribution in [2.45, 2.75) is 32.6 Å². The first-order valence-corrected chi connectivity index (χ1v) is 11.1. The summed E-state index contributed by atoms with van der Waals surface area (Å²) >= 11 is 0. The number of hydrogen-bond donors (Lipinski definition) is 2. The third-order valence-electron chi connectivity index (χ3n) is 5.57. The van der Waals surface area contributed by atoms with Crippen LogP contribution in [0.25, 0.3) is 11.5 Å². The Morgan fingerprint density at radius 3 is 2.76 bits per heavy atom. The Balaban J connectivity index is 1.32. The van der Waals surface area contributed by atoms with Gasteiger partial charge < -0.3 is 24.7 Å². The van der Waals surface area contributed by atoms with Gasteiger partial charge in [0.15, 0.2) is 0 Å². The predicted octanol–water partition coefficient (Wildman–Crippen LogP) is 4.54. The summed E-state index contributed by atoms with van der Waals surface area (Å²) in [6.07, 6.45) is 4.52. The van der Waals surface area contributed by atoms with Crippen molar-refractivity contribution < 1.29 is 18.7 Å². The van der Waals surface area contributed by atoms with Gasteiger partial charge in [-0.15, -0.1) is 0 Å². The number of carbonyl (C=O) groups is 2. The van der Waals surface area contributed by atoms with E-state index in [1.165, 1.54) is 5.56 Å². The molecule has 1 saturated heterocycles. The van der Waals surface area contributed by atoms with Crippen LogP contribution in [0.1, 0.15) is 30.5 Å². The van der Waals surface area contributed by atoms with Crippen molar-refractivity contribution in [3.05, 3.63) is 60.0 Å². The molecule has 33 heavy (non-hydrogen) atoms. The number of urea groups is 1. The minimum absolute atomic E-state index is 0.0683. The topological polar surface area (TPSA) is 96.7 Å². The van der Waals surface area contributed by atoms with E-state index in [0.717, 1.165) is 24.1 Å². The van der Waals surface area contributed by atoms with Gasteiger partial charge in [-0.05, 0) is 50.1 Å². The summed E-state index contributed by atoms with van der Waals surface area (Å²) < 4.78 is 11.0. The molecule has 1 aliphatic rings. The second-order valence-electron chi connectivity index (χ2n) is 8.03. The molecule has 2 N–H and O–H groups in total. The van der Waals surface area contributed by atoms with Crippen LogP contribution in [-0.2, 0) is 11.2 Å². The van der Waals surface area contributed by atoms with Gasteiger partial charge in [-0.25, -0.2) is 9.78 Å². The molecule has 172 valence electrons. The molecule has 3 amide bonds. The molecular formula is C25H28N4O4. The maximum atomic E-state index is 12.4. The van der Waals surface area contributed by atoms with Gasteiger partial charge in [0, 0.05) is 37.2 Å². The number of anilines is 2. The van der Waals surface area contributed by atoms with Crippen LogP contribution < -0.4 is 20.3 Å². The van der Waals surface area contributed by atoms with Crippen molar-refractivity contribution in [3.63, 3.8) is 0 Å². The fraction of sp³-hybridized carbons (Fsp3) is 0.320. The molecule has 0 spiro atoms. The molecule has 2 heterocycles. The zero-order valence-electron chi connectivity index (χ0n) is 18.9. The molecule has 8 heteroatoms.